The quantitative estimate of drug-likeness (QED) is 0.189. The summed E-state index contributed by atoms with van der Waals surface area (Å²) in [6, 6.07) is 6.71. The fraction of sp³-hybridized carbons (Fsp3) is 0.667. The van der Waals surface area contributed by atoms with Gasteiger partial charge in [-0.05, 0) is 44.5 Å². The van der Waals surface area contributed by atoms with Crippen molar-refractivity contribution in [2.24, 2.45) is 0 Å². The van der Waals surface area contributed by atoms with Crippen molar-refractivity contribution < 1.29 is 41.3 Å². The minimum Gasteiger partial charge on any atom is -0.455 e. The average molecular weight is 547 g/mol. The fourth-order valence-electron chi connectivity index (χ4n) is 3.92. The zero-order chi connectivity index (χ0) is 28.4. The van der Waals surface area contributed by atoms with E-state index in [1.165, 1.54) is 24.3 Å². The van der Waals surface area contributed by atoms with E-state index in [-0.39, 0.29) is 23.6 Å². The number of ether oxygens (including phenoxy) is 4. The topological polar surface area (TPSA) is 63.2 Å². The SMILES string of the molecule is C=C(C)[C@H](C[C@@H]1OC(C)(C)O[C@H]1CO[Si](C)(C)C(C)(C)C)OC(=O)[C@](OC)(c1ccccc1)C(F)(F)F. The summed E-state index contributed by atoms with van der Waals surface area (Å²) >= 11 is 0. The molecule has 0 radical (unpaired) electrons. The van der Waals surface area contributed by atoms with E-state index in [9.17, 15) is 18.0 Å². The van der Waals surface area contributed by atoms with Crippen molar-refractivity contribution in [3.63, 3.8) is 0 Å². The lowest BCUT2D eigenvalue weighted by atomic mass is 9.92. The normalized spacial score (nSPS) is 22.8. The summed E-state index contributed by atoms with van der Waals surface area (Å²) < 4.78 is 71.8. The van der Waals surface area contributed by atoms with E-state index in [1.807, 2.05) is 0 Å². The Labute approximate surface area is 219 Å². The lowest BCUT2D eigenvalue weighted by molar-refractivity contribution is -0.278. The molecular formula is C27H41F3O6Si. The van der Waals surface area contributed by atoms with Crippen LogP contribution in [0.25, 0.3) is 0 Å². The van der Waals surface area contributed by atoms with Crippen LogP contribution in [0.15, 0.2) is 42.5 Å². The maximum absolute atomic E-state index is 14.3. The zero-order valence-electron chi connectivity index (χ0n) is 23.3. The number of halogens is 3. The molecule has 210 valence electrons. The highest BCUT2D eigenvalue weighted by molar-refractivity contribution is 6.74. The molecule has 1 saturated heterocycles. The first-order valence-electron chi connectivity index (χ1n) is 12.3. The number of carbonyl (C=O) groups excluding carboxylic acids is 1. The van der Waals surface area contributed by atoms with Crippen molar-refractivity contribution in [3.05, 3.63) is 48.0 Å². The van der Waals surface area contributed by atoms with Crippen LogP contribution < -0.4 is 0 Å². The Balaban J connectivity index is 2.30. The molecule has 2 rings (SSSR count). The van der Waals surface area contributed by atoms with Gasteiger partial charge in [-0.25, -0.2) is 4.79 Å². The van der Waals surface area contributed by atoms with Crippen LogP contribution in [0.3, 0.4) is 0 Å². The summed E-state index contributed by atoms with van der Waals surface area (Å²) in [6.07, 6.45) is -7.22. The van der Waals surface area contributed by atoms with Crippen LogP contribution in [0.1, 0.15) is 53.5 Å². The molecule has 1 aromatic carbocycles. The highest BCUT2D eigenvalue weighted by Crippen LogP contribution is 2.44. The summed E-state index contributed by atoms with van der Waals surface area (Å²) in [6.45, 7) is 19.8. The Bertz CT molecular complexity index is 942. The Hall–Kier alpha value is -1.72. The third-order valence-electron chi connectivity index (χ3n) is 7.12. The minimum absolute atomic E-state index is 0.0221. The van der Waals surface area contributed by atoms with Gasteiger partial charge in [0.1, 0.15) is 12.2 Å². The van der Waals surface area contributed by atoms with Gasteiger partial charge in [0.25, 0.3) is 5.60 Å². The van der Waals surface area contributed by atoms with Gasteiger partial charge in [-0.15, -0.1) is 0 Å². The van der Waals surface area contributed by atoms with Gasteiger partial charge in [-0.1, -0.05) is 57.7 Å². The Morgan fingerprint density at radius 3 is 2.11 bits per heavy atom. The third kappa shape index (κ3) is 7.03. The van der Waals surface area contributed by atoms with Crippen LogP contribution in [0.5, 0.6) is 0 Å². The number of hydrogen-bond donors (Lipinski definition) is 0. The largest absolute Gasteiger partial charge is 0.455 e. The number of carbonyl (C=O) groups is 1. The number of rotatable bonds is 10. The van der Waals surface area contributed by atoms with Crippen molar-refractivity contribution >= 4 is 14.3 Å². The predicted molar refractivity (Wildman–Crippen MR) is 137 cm³/mol. The van der Waals surface area contributed by atoms with Gasteiger partial charge >= 0.3 is 12.1 Å². The lowest BCUT2D eigenvalue weighted by Crippen LogP contribution is -2.52. The highest BCUT2D eigenvalue weighted by Gasteiger charge is 2.64. The zero-order valence-corrected chi connectivity index (χ0v) is 24.3. The maximum atomic E-state index is 14.3. The van der Waals surface area contributed by atoms with Crippen molar-refractivity contribution in [1.29, 1.82) is 0 Å². The van der Waals surface area contributed by atoms with Crippen molar-refractivity contribution in [1.82, 2.24) is 0 Å². The first-order valence-corrected chi connectivity index (χ1v) is 15.2. The van der Waals surface area contributed by atoms with E-state index in [4.69, 9.17) is 23.4 Å². The number of esters is 1. The van der Waals surface area contributed by atoms with E-state index in [0.717, 1.165) is 7.11 Å². The van der Waals surface area contributed by atoms with E-state index in [2.05, 4.69) is 40.4 Å². The molecule has 1 fully saturated rings. The molecule has 1 aliphatic rings. The second kappa shape index (κ2) is 11.2. The molecule has 0 aliphatic carbocycles. The molecule has 0 aromatic heterocycles. The molecule has 4 atom stereocenters. The molecule has 0 spiro atoms. The number of hydrogen-bond acceptors (Lipinski definition) is 6. The molecule has 1 heterocycles. The van der Waals surface area contributed by atoms with Crippen LogP contribution >= 0.6 is 0 Å². The summed E-state index contributed by atoms with van der Waals surface area (Å²) in [7, 11) is -1.27. The minimum atomic E-state index is -5.08. The molecule has 1 aromatic rings. The van der Waals surface area contributed by atoms with Gasteiger partial charge in [-0.3, -0.25) is 0 Å². The fourth-order valence-corrected chi connectivity index (χ4v) is 4.93. The van der Waals surface area contributed by atoms with Crippen molar-refractivity contribution in [2.75, 3.05) is 13.7 Å². The second-order valence-corrected chi connectivity index (χ2v) is 16.3. The van der Waals surface area contributed by atoms with Crippen molar-refractivity contribution in [3.8, 4) is 0 Å². The van der Waals surface area contributed by atoms with Gasteiger partial charge in [-0.2, -0.15) is 13.2 Å². The molecule has 10 heteroatoms. The Kier molecular flexibility index (Phi) is 9.51. The third-order valence-corrected chi connectivity index (χ3v) is 11.6. The van der Waals surface area contributed by atoms with E-state index in [0.29, 0.717) is 5.57 Å². The first kappa shape index (κ1) is 31.5. The number of benzene rings is 1. The van der Waals surface area contributed by atoms with E-state index in [1.54, 1.807) is 26.8 Å². The second-order valence-electron chi connectivity index (χ2n) is 11.5. The van der Waals surface area contributed by atoms with Crippen LogP contribution in [-0.2, 0) is 33.8 Å². The molecule has 6 nitrogen and oxygen atoms in total. The molecule has 0 unspecified atom stereocenters. The van der Waals surface area contributed by atoms with Crippen LogP contribution in [0.2, 0.25) is 18.1 Å². The molecule has 0 N–H and O–H groups in total. The molecule has 37 heavy (non-hydrogen) atoms. The van der Waals surface area contributed by atoms with Gasteiger partial charge in [0, 0.05) is 19.1 Å². The lowest BCUT2D eigenvalue weighted by Gasteiger charge is -2.37. The summed E-state index contributed by atoms with van der Waals surface area (Å²) in [5, 5.41) is -0.0221. The Morgan fingerprint density at radius 1 is 1.11 bits per heavy atom. The van der Waals surface area contributed by atoms with Gasteiger partial charge < -0.3 is 23.4 Å². The molecule has 0 saturated carbocycles. The Morgan fingerprint density at radius 2 is 1.65 bits per heavy atom. The monoisotopic (exact) mass is 546 g/mol. The highest BCUT2D eigenvalue weighted by atomic mass is 28.4. The van der Waals surface area contributed by atoms with Crippen LogP contribution in [0.4, 0.5) is 13.2 Å². The first-order chi connectivity index (χ1) is 16.8. The summed E-state index contributed by atoms with van der Waals surface area (Å²) in [4.78, 5) is 13.2. The average Bonchev–Trinajstić information content (AvgIpc) is 3.04. The molecular weight excluding hydrogens is 505 g/mol. The van der Waals surface area contributed by atoms with Gasteiger partial charge in [0.2, 0.25) is 0 Å². The van der Waals surface area contributed by atoms with E-state index >= 15 is 0 Å². The van der Waals surface area contributed by atoms with Gasteiger partial charge in [0.05, 0.1) is 12.7 Å². The van der Waals surface area contributed by atoms with Gasteiger partial charge in [0.15, 0.2) is 14.1 Å². The number of alkyl halides is 3. The molecule has 1 aliphatic heterocycles. The number of methoxy groups -OCH3 is 1. The van der Waals surface area contributed by atoms with Crippen LogP contribution in [0, 0.1) is 0 Å². The molecule has 0 amide bonds. The summed E-state index contributed by atoms with van der Waals surface area (Å²) in [5.41, 5.74) is -3.30. The maximum Gasteiger partial charge on any atom is 0.432 e. The van der Waals surface area contributed by atoms with E-state index < -0.39 is 50.2 Å². The summed E-state index contributed by atoms with van der Waals surface area (Å²) in [5.74, 6) is -2.52. The smallest absolute Gasteiger partial charge is 0.432 e. The predicted octanol–water partition coefficient (Wildman–Crippen LogP) is 6.51. The standard InChI is InChI=1S/C27H41F3O6Si/c1-18(2)20(34-23(31)26(32-8,27(28,29)30)19-14-12-11-13-15-19)16-21-22(36-25(6,7)35-21)17-33-37(9,10)24(3,4)5/h11-15,20-22H,1,16-17H2,2-10H3/t20-,21-,22-,26+/m0/s1. The van der Waals surface area contributed by atoms with Crippen LogP contribution in [-0.4, -0.2) is 58.3 Å². The van der Waals surface area contributed by atoms with Crippen molar-refractivity contribution in [2.45, 2.75) is 102 Å². The molecule has 0 bridgehead atoms.